The maximum absolute atomic E-state index is 11.6. The van der Waals surface area contributed by atoms with E-state index in [0.29, 0.717) is 18.5 Å². The third kappa shape index (κ3) is 6.83. The highest BCUT2D eigenvalue weighted by atomic mass is 127. The largest absolute Gasteiger partial charge is 0.467 e. The monoisotopic (exact) mass is 406 g/mol. The predicted molar refractivity (Wildman–Crippen MR) is 92.5 cm³/mol. The molecule has 21 heavy (non-hydrogen) atoms. The van der Waals surface area contributed by atoms with E-state index in [2.05, 4.69) is 15.6 Å². The lowest BCUT2D eigenvalue weighted by molar-refractivity contribution is -0.119. The van der Waals surface area contributed by atoms with Crippen molar-refractivity contribution < 1.29 is 9.21 Å². The summed E-state index contributed by atoms with van der Waals surface area (Å²) in [6, 6.07) is 3.99. The molecule has 0 bridgehead atoms. The van der Waals surface area contributed by atoms with Crippen molar-refractivity contribution in [2.75, 3.05) is 6.54 Å². The van der Waals surface area contributed by atoms with Crippen LogP contribution in [0, 0.1) is 0 Å². The molecule has 2 rings (SSSR count). The van der Waals surface area contributed by atoms with Crippen molar-refractivity contribution >= 4 is 35.8 Å². The molecule has 0 spiro atoms. The average molecular weight is 406 g/mol. The predicted octanol–water partition coefficient (Wildman–Crippen LogP) is 1.75. The van der Waals surface area contributed by atoms with E-state index in [-0.39, 0.29) is 36.4 Å². The minimum absolute atomic E-state index is 0. The molecule has 6 nitrogen and oxygen atoms in total. The second kappa shape index (κ2) is 9.64. The topological polar surface area (TPSA) is 92.6 Å². The smallest absolute Gasteiger partial charge is 0.242 e. The molecule has 7 heteroatoms. The Labute approximate surface area is 142 Å². The fourth-order valence-corrected chi connectivity index (χ4v) is 2.31. The van der Waals surface area contributed by atoms with Gasteiger partial charge in [-0.15, -0.1) is 24.0 Å². The lowest BCUT2D eigenvalue weighted by Crippen LogP contribution is -2.41. The molecule has 0 aromatic carbocycles. The zero-order chi connectivity index (χ0) is 14.2. The van der Waals surface area contributed by atoms with Crippen LogP contribution in [0.25, 0.3) is 0 Å². The quantitative estimate of drug-likeness (QED) is 0.395. The van der Waals surface area contributed by atoms with Crippen molar-refractivity contribution in [3.8, 4) is 0 Å². The van der Waals surface area contributed by atoms with Gasteiger partial charge in [-0.3, -0.25) is 4.79 Å². The minimum atomic E-state index is -0.171. The number of nitrogens with zero attached hydrogens (tertiary/aromatic N) is 1. The van der Waals surface area contributed by atoms with Gasteiger partial charge in [0.1, 0.15) is 12.3 Å². The fraction of sp³-hybridized carbons (Fsp3) is 0.571. The third-order valence-corrected chi connectivity index (χ3v) is 3.39. The third-order valence-electron chi connectivity index (χ3n) is 3.39. The molecule has 1 fully saturated rings. The molecule has 0 unspecified atom stereocenters. The Kier molecular flexibility index (Phi) is 8.17. The van der Waals surface area contributed by atoms with Crippen LogP contribution in [0.5, 0.6) is 0 Å². The number of amides is 1. The van der Waals surface area contributed by atoms with E-state index in [1.807, 2.05) is 6.07 Å². The second-order valence-electron chi connectivity index (χ2n) is 5.04. The number of carbonyl (C=O) groups excluding carboxylic acids is 1. The first kappa shape index (κ1) is 17.8. The lowest BCUT2D eigenvalue weighted by atomic mass is 9.96. The molecule has 1 aromatic rings. The van der Waals surface area contributed by atoms with Crippen LogP contribution in [-0.4, -0.2) is 24.5 Å². The zero-order valence-electron chi connectivity index (χ0n) is 12.0. The maximum atomic E-state index is 11.6. The summed E-state index contributed by atoms with van der Waals surface area (Å²) in [6.07, 6.45) is 7.58. The van der Waals surface area contributed by atoms with Gasteiger partial charge in [0.05, 0.1) is 12.8 Å². The summed E-state index contributed by atoms with van der Waals surface area (Å²) < 4.78 is 5.12. The number of aliphatic imine (C=N–C) groups is 1. The Hall–Kier alpha value is -1.25. The van der Waals surface area contributed by atoms with Gasteiger partial charge in [-0.05, 0) is 25.0 Å². The highest BCUT2D eigenvalue weighted by Crippen LogP contribution is 2.16. The number of guanidine groups is 1. The molecular formula is C14H23IN4O2. The van der Waals surface area contributed by atoms with E-state index in [9.17, 15) is 4.79 Å². The van der Waals surface area contributed by atoms with Crippen molar-refractivity contribution in [1.82, 2.24) is 10.6 Å². The summed E-state index contributed by atoms with van der Waals surface area (Å²) in [6.45, 7) is 0.406. The number of nitrogens with one attached hydrogen (secondary N) is 2. The Morgan fingerprint density at radius 2 is 2.14 bits per heavy atom. The highest BCUT2D eigenvalue weighted by Gasteiger charge is 2.13. The molecule has 1 heterocycles. The van der Waals surface area contributed by atoms with Crippen LogP contribution in [0.4, 0.5) is 0 Å². The highest BCUT2D eigenvalue weighted by molar-refractivity contribution is 14.0. The van der Waals surface area contributed by atoms with Gasteiger partial charge in [-0.1, -0.05) is 19.3 Å². The molecule has 4 N–H and O–H groups in total. The first-order chi connectivity index (χ1) is 9.74. The zero-order valence-corrected chi connectivity index (χ0v) is 14.3. The van der Waals surface area contributed by atoms with Crippen LogP contribution in [0.3, 0.4) is 0 Å². The van der Waals surface area contributed by atoms with Crippen LogP contribution in [-0.2, 0) is 11.3 Å². The van der Waals surface area contributed by atoms with Crippen molar-refractivity contribution in [2.24, 2.45) is 10.7 Å². The second-order valence-corrected chi connectivity index (χ2v) is 5.04. The number of furan rings is 1. The molecule has 1 saturated carbocycles. The normalized spacial score (nSPS) is 16.1. The maximum Gasteiger partial charge on any atom is 0.242 e. The Morgan fingerprint density at radius 3 is 2.81 bits per heavy atom. The van der Waals surface area contributed by atoms with Crippen LogP contribution >= 0.6 is 24.0 Å². The van der Waals surface area contributed by atoms with E-state index in [1.54, 1.807) is 12.3 Å². The molecule has 1 aliphatic carbocycles. The van der Waals surface area contributed by atoms with Gasteiger partial charge in [0.25, 0.3) is 0 Å². The average Bonchev–Trinajstić information content (AvgIpc) is 2.97. The van der Waals surface area contributed by atoms with Gasteiger partial charge in [-0.25, -0.2) is 4.99 Å². The summed E-state index contributed by atoms with van der Waals surface area (Å²) in [5.41, 5.74) is 5.78. The molecule has 1 aromatic heterocycles. The van der Waals surface area contributed by atoms with E-state index >= 15 is 0 Å². The van der Waals surface area contributed by atoms with Gasteiger partial charge in [0.2, 0.25) is 5.91 Å². The summed E-state index contributed by atoms with van der Waals surface area (Å²) in [5, 5.41) is 5.89. The SMILES string of the molecule is I.NC(=NCC(=O)NCc1ccco1)NC1CCCCC1. The molecule has 1 aliphatic rings. The Bertz CT molecular complexity index is 442. The molecule has 0 radical (unpaired) electrons. The summed E-state index contributed by atoms with van der Waals surface area (Å²) in [4.78, 5) is 15.7. The number of halogens is 1. The Balaban J connectivity index is 0.00000220. The van der Waals surface area contributed by atoms with Crippen LogP contribution in [0.2, 0.25) is 0 Å². The fourth-order valence-electron chi connectivity index (χ4n) is 2.31. The van der Waals surface area contributed by atoms with Gasteiger partial charge in [0, 0.05) is 6.04 Å². The van der Waals surface area contributed by atoms with E-state index in [1.165, 1.54) is 19.3 Å². The lowest BCUT2D eigenvalue weighted by Gasteiger charge is -2.23. The summed E-state index contributed by atoms with van der Waals surface area (Å²) >= 11 is 0. The first-order valence-electron chi connectivity index (χ1n) is 7.09. The molecule has 0 aliphatic heterocycles. The number of carbonyl (C=O) groups is 1. The first-order valence-corrected chi connectivity index (χ1v) is 7.09. The minimum Gasteiger partial charge on any atom is -0.467 e. The van der Waals surface area contributed by atoms with Crippen LogP contribution in [0.1, 0.15) is 37.9 Å². The van der Waals surface area contributed by atoms with Crippen molar-refractivity contribution in [3.63, 3.8) is 0 Å². The number of hydrogen-bond acceptors (Lipinski definition) is 3. The van der Waals surface area contributed by atoms with E-state index in [0.717, 1.165) is 18.6 Å². The number of rotatable bonds is 5. The summed E-state index contributed by atoms with van der Waals surface area (Å²) in [7, 11) is 0. The van der Waals surface area contributed by atoms with Crippen molar-refractivity contribution in [1.29, 1.82) is 0 Å². The van der Waals surface area contributed by atoms with Crippen molar-refractivity contribution in [3.05, 3.63) is 24.2 Å². The molecule has 0 saturated heterocycles. The molecular weight excluding hydrogens is 383 g/mol. The van der Waals surface area contributed by atoms with Gasteiger partial charge < -0.3 is 20.8 Å². The van der Waals surface area contributed by atoms with Gasteiger partial charge >= 0.3 is 0 Å². The Morgan fingerprint density at radius 1 is 1.38 bits per heavy atom. The van der Waals surface area contributed by atoms with Crippen LogP contribution < -0.4 is 16.4 Å². The number of nitrogens with two attached hydrogens (primary N) is 1. The number of hydrogen-bond donors (Lipinski definition) is 3. The van der Waals surface area contributed by atoms with E-state index in [4.69, 9.17) is 10.2 Å². The molecule has 1 amide bonds. The van der Waals surface area contributed by atoms with Gasteiger partial charge in [0.15, 0.2) is 5.96 Å². The molecule has 118 valence electrons. The van der Waals surface area contributed by atoms with Crippen molar-refractivity contribution in [2.45, 2.75) is 44.7 Å². The standard InChI is InChI=1S/C14H22N4O2.HI/c15-14(18-11-5-2-1-3-6-11)17-10-13(19)16-9-12-7-4-8-20-12;/h4,7-8,11H,1-3,5-6,9-10H2,(H,16,19)(H3,15,17,18);1H. The summed E-state index contributed by atoms with van der Waals surface area (Å²) in [5.74, 6) is 0.899. The van der Waals surface area contributed by atoms with E-state index < -0.39 is 0 Å². The van der Waals surface area contributed by atoms with Crippen LogP contribution in [0.15, 0.2) is 27.8 Å². The van der Waals surface area contributed by atoms with Gasteiger partial charge in [-0.2, -0.15) is 0 Å². The molecule has 0 atom stereocenters.